The third-order valence-corrected chi connectivity index (χ3v) is 2.09. The number of nitrogens with one attached hydrogen (secondary N) is 1. The summed E-state index contributed by atoms with van der Waals surface area (Å²) in [7, 11) is 0. The first-order valence-corrected chi connectivity index (χ1v) is 4.91. The van der Waals surface area contributed by atoms with Crippen LogP contribution in [0, 0.1) is 0 Å². The molecule has 1 aromatic heterocycles. The van der Waals surface area contributed by atoms with Crippen molar-refractivity contribution in [1.82, 2.24) is 9.97 Å². The number of ketones is 1. The first-order valence-electron chi connectivity index (χ1n) is 3.69. The molecule has 0 fully saturated rings. The maximum absolute atomic E-state index is 12.3. The number of carbonyl (C=O) groups excluding carboxylic acids is 1. The van der Waals surface area contributed by atoms with E-state index in [4.69, 9.17) is 5.73 Å². The molecule has 14 heavy (non-hydrogen) atoms. The summed E-state index contributed by atoms with van der Waals surface area (Å²) in [4.78, 5) is 18.7. The molecule has 0 spiro atoms. The molecule has 5 nitrogen and oxygen atoms in total. The summed E-state index contributed by atoms with van der Waals surface area (Å²) >= 11 is 1.21. The van der Waals surface area contributed by atoms with Gasteiger partial charge in [-0.3, -0.25) is 4.79 Å². The van der Waals surface area contributed by atoms with Crippen molar-refractivity contribution in [3.8, 4) is 0 Å². The number of rotatable bonds is 3. The predicted octanol–water partition coefficient (Wildman–Crippen LogP) is 1.28. The molecule has 76 valence electrons. The van der Waals surface area contributed by atoms with Crippen molar-refractivity contribution < 1.29 is 9.28 Å². The number of nitrogens with two attached hydrogens (primary N) is 1. The molecule has 3 N–H and O–H groups in total. The smallest absolute Gasteiger partial charge is 0.191 e. The molecule has 0 aliphatic heterocycles. The highest BCUT2D eigenvalue weighted by atomic mass is 32.2. The highest BCUT2D eigenvalue weighted by molar-refractivity contribution is 7.98. The molecule has 1 aromatic rings. The van der Waals surface area contributed by atoms with Crippen molar-refractivity contribution in [2.45, 2.75) is 12.1 Å². The molecule has 0 saturated carbocycles. The maximum atomic E-state index is 12.3. The molecule has 0 bridgehead atoms. The summed E-state index contributed by atoms with van der Waals surface area (Å²) in [6.45, 7) is 1.27. The van der Waals surface area contributed by atoms with Crippen molar-refractivity contribution in [2.75, 3.05) is 17.5 Å². The summed E-state index contributed by atoms with van der Waals surface area (Å²) < 4.78 is 12.3. The number of halogens is 1. The molecular weight excluding hydrogens is 207 g/mol. The molecule has 0 radical (unpaired) electrons. The van der Waals surface area contributed by atoms with Crippen molar-refractivity contribution in [2.24, 2.45) is 0 Å². The van der Waals surface area contributed by atoms with Crippen LogP contribution in [0.25, 0.3) is 0 Å². The Morgan fingerprint density at radius 1 is 1.57 bits per heavy atom. The van der Waals surface area contributed by atoms with E-state index in [1.165, 1.54) is 24.2 Å². The number of thioether (sulfide) groups is 1. The number of Topliss-reactive ketones (excluding diaryl/α,β-unsaturated/α-hetero) is 1. The van der Waals surface area contributed by atoms with Crippen LogP contribution in [0.1, 0.15) is 17.3 Å². The fourth-order valence-corrected chi connectivity index (χ4v) is 1.34. The van der Waals surface area contributed by atoms with Crippen LogP contribution in [-0.2, 0) is 0 Å². The predicted molar refractivity (Wildman–Crippen MR) is 53.0 cm³/mol. The SMILES string of the molecule is CSc1nc(N)c(C(C)=O)c(NF)n1. The second kappa shape index (κ2) is 4.23. The fraction of sp³-hybridized carbons (Fsp3) is 0.286. The van der Waals surface area contributed by atoms with Crippen molar-refractivity contribution >= 4 is 29.2 Å². The Kier molecular flexibility index (Phi) is 3.23. The number of aromatic nitrogens is 2. The van der Waals surface area contributed by atoms with E-state index in [-0.39, 0.29) is 23.0 Å². The highest BCUT2D eigenvalue weighted by Crippen LogP contribution is 2.22. The van der Waals surface area contributed by atoms with E-state index in [0.717, 1.165) is 0 Å². The normalized spacial score (nSPS) is 9.93. The molecule has 0 aliphatic carbocycles. The van der Waals surface area contributed by atoms with Crippen LogP contribution in [0.15, 0.2) is 5.16 Å². The van der Waals surface area contributed by atoms with Gasteiger partial charge in [-0.2, -0.15) is 0 Å². The second-order valence-electron chi connectivity index (χ2n) is 2.47. The zero-order chi connectivity index (χ0) is 10.7. The van der Waals surface area contributed by atoms with Gasteiger partial charge in [0.05, 0.1) is 0 Å². The van der Waals surface area contributed by atoms with Crippen LogP contribution in [0.2, 0.25) is 0 Å². The summed E-state index contributed by atoms with van der Waals surface area (Å²) in [5.41, 5.74) is 6.79. The van der Waals surface area contributed by atoms with Crippen molar-refractivity contribution in [3.63, 3.8) is 0 Å². The minimum atomic E-state index is -0.379. The Bertz CT molecular complexity index is 371. The summed E-state index contributed by atoms with van der Waals surface area (Å²) in [5, 5.41) is 0.313. The first kappa shape index (κ1) is 10.7. The van der Waals surface area contributed by atoms with Crippen LogP contribution in [0.5, 0.6) is 0 Å². The largest absolute Gasteiger partial charge is 0.383 e. The molecule has 0 aliphatic rings. The van der Waals surface area contributed by atoms with E-state index >= 15 is 0 Å². The van der Waals surface area contributed by atoms with Gasteiger partial charge in [-0.25, -0.2) is 15.5 Å². The monoisotopic (exact) mass is 216 g/mol. The van der Waals surface area contributed by atoms with Crippen molar-refractivity contribution in [1.29, 1.82) is 0 Å². The van der Waals surface area contributed by atoms with E-state index < -0.39 is 0 Å². The Morgan fingerprint density at radius 2 is 2.21 bits per heavy atom. The zero-order valence-electron chi connectivity index (χ0n) is 7.67. The van der Waals surface area contributed by atoms with Gasteiger partial charge < -0.3 is 5.73 Å². The number of carbonyl (C=O) groups is 1. The maximum Gasteiger partial charge on any atom is 0.191 e. The minimum absolute atomic E-state index is 0.0167. The van der Waals surface area contributed by atoms with Crippen LogP contribution in [-0.4, -0.2) is 22.0 Å². The third-order valence-electron chi connectivity index (χ3n) is 1.54. The summed E-state index contributed by atoms with van der Waals surface area (Å²) in [6.07, 6.45) is 1.73. The lowest BCUT2D eigenvalue weighted by atomic mass is 10.2. The van der Waals surface area contributed by atoms with Crippen LogP contribution < -0.4 is 11.3 Å². The van der Waals surface area contributed by atoms with E-state index in [1.54, 1.807) is 6.26 Å². The molecule has 0 aromatic carbocycles. The minimum Gasteiger partial charge on any atom is -0.383 e. The molecule has 0 amide bonds. The molecule has 7 heteroatoms. The quantitative estimate of drug-likeness (QED) is 0.343. The van der Waals surface area contributed by atoms with Gasteiger partial charge in [0.15, 0.2) is 16.8 Å². The lowest BCUT2D eigenvalue weighted by molar-refractivity contribution is 0.101. The van der Waals surface area contributed by atoms with Gasteiger partial charge in [0.1, 0.15) is 11.4 Å². The van der Waals surface area contributed by atoms with Gasteiger partial charge in [-0.15, -0.1) is 4.48 Å². The topological polar surface area (TPSA) is 80.9 Å². The van der Waals surface area contributed by atoms with Gasteiger partial charge in [0.25, 0.3) is 0 Å². The van der Waals surface area contributed by atoms with Gasteiger partial charge in [0.2, 0.25) is 0 Å². The van der Waals surface area contributed by atoms with Crippen LogP contribution in [0.3, 0.4) is 0 Å². The molecule has 1 rings (SSSR count). The average molecular weight is 216 g/mol. The zero-order valence-corrected chi connectivity index (χ0v) is 8.48. The molecule has 0 atom stereocenters. The molecule has 0 saturated heterocycles. The fourth-order valence-electron chi connectivity index (χ4n) is 0.964. The average Bonchev–Trinajstić information content (AvgIpc) is 2.15. The lowest BCUT2D eigenvalue weighted by Crippen LogP contribution is -2.08. The summed E-state index contributed by atoms with van der Waals surface area (Å²) in [5.74, 6) is -0.582. The Hall–Kier alpha value is -1.37. The van der Waals surface area contributed by atoms with Gasteiger partial charge >= 0.3 is 0 Å². The number of anilines is 2. The third kappa shape index (κ3) is 1.92. The second-order valence-corrected chi connectivity index (χ2v) is 3.24. The standard InChI is InChI=1S/C7H9FN4OS/c1-3(13)4-5(9)10-7(14-2)11-6(4)12-8/h1-2H3,(H3,9,10,11,12). The molecular formula is C7H9FN4OS. The highest BCUT2D eigenvalue weighted by Gasteiger charge is 2.15. The van der Waals surface area contributed by atoms with Crippen LogP contribution in [0.4, 0.5) is 16.1 Å². The number of hydrogen-bond acceptors (Lipinski definition) is 6. The van der Waals surface area contributed by atoms with Crippen LogP contribution >= 0.6 is 11.8 Å². The Labute approximate surface area is 84.2 Å². The Balaban J connectivity index is 3.34. The van der Waals surface area contributed by atoms with Crippen molar-refractivity contribution in [3.05, 3.63) is 5.56 Å². The molecule has 0 unspecified atom stereocenters. The van der Waals surface area contributed by atoms with Gasteiger partial charge in [-0.1, -0.05) is 11.8 Å². The Morgan fingerprint density at radius 3 is 2.64 bits per heavy atom. The number of nitrogens with zero attached hydrogens (tertiary/aromatic N) is 2. The number of hydrogen-bond donors (Lipinski definition) is 2. The van der Waals surface area contributed by atoms with E-state index in [1.807, 2.05) is 0 Å². The van der Waals surface area contributed by atoms with Gasteiger partial charge in [0, 0.05) is 0 Å². The molecule has 1 heterocycles. The first-order chi connectivity index (χ1) is 6.60. The lowest BCUT2D eigenvalue weighted by Gasteiger charge is -2.06. The number of nitrogen functional groups attached to an aromatic ring is 1. The van der Waals surface area contributed by atoms with Gasteiger partial charge in [-0.05, 0) is 13.2 Å². The van der Waals surface area contributed by atoms with E-state index in [0.29, 0.717) is 5.16 Å². The summed E-state index contributed by atoms with van der Waals surface area (Å²) in [6, 6.07) is 0. The van der Waals surface area contributed by atoms with E-state index in [2.05, 4.69) is 9.97 Å². The van der Waals surface area contributed by atoms with E-state index in [9.17, 15) is 9.28 Å².